The third-order valence-corrected chi connectivity index (χ3v) is 6.27. The van der Waals surface area contributed by atoms with Crippen molar-refractivity contribution in [3.8, 4) is 0 Å². The van der Waals surface area contributed by atoms with Gasteiger partial charge in [0, 0.05) is 29.7 Å². The van der Waals surface area contributed by atoms with E-state index in [1.54, 1.807) is 18.2 Å². The van der Waals surface area contributed by atoms with Gasteiger partial charge < -0.3 is 5.32 Å². The molecule has 2 aromatic rings. The van der Waals surface area contributed by atoms with E-state index in [4.69, 9.17) is 0 Å². The summed E-state index contributed by atoms with van der Waals surface area (Å²) in [5.74, 6) is -0.177. The lowest BCUT2D eigenvalue weighted by molar-refractivity contribution is 0.0950. The molecule has 0 aliphatic carbocycles. The summed E-state index contributed by atoms with van der Waals surface area (Å²) in [5, 5.41) is 2.89. The Morgan fingerprint density at radius 3 is 2.42 bits per heavy atom. The molecule has 1 N–H and O–H groups in total. The summed E-state index contributed by atoms with van der Waals surface area (Å²) < 4.78 is 15.2. The fourth-order valence-electron chi connectivity index (χ4n) is 2.26. The molecule has 0 aromatic heterocycles. The van der Waals surface area contributed by atoms with Gasteiger partial charge in [-0.05, 0) is 39.7 Å². The second-order valence-corrected chi connectivity index (χ2v) is 7.49. The number of nitrogens with zero attached hydrogens (tertiary/aromatic N) is 1. The summed E-state index contributed by atoms with van der Waals surface area (Å²) in [6, 6.07) is 14.9. The van der Waals surface area contributed by atoms with Gasteiger partial charge in [0.05, 0.1) is 4.90 Å². The third-order valence-electron chi connectivity index (χ3n) is 3.62. The van der Waals surface area contributed by atoms with E-state index < -0.39 is 11.0 Å². The molecule has 24 heavy (non-hydrogen) atoms. The van der Waals surface area contributed by atoms with Gasteiger partial charge in [0.15, 0.2) is 0 Å². The van der Waals surface area contributed by atoms with Crippen molar-refractivity contribution in [3.05, 3.63) is 64.1 Å². The van der Waals surface area contributed by atoms with Crippen LogP contribution in [0.15, 0.2) is 57.9 Å². The minimum Gasteiger partial charge on any atom is -0.348 e. The number of amides is 1. The van der Waals surface area contributed by atoms with Crippen LogP contribution >= 0.6 is 15.9 Å². The van der Waals surface area contributed by atoms with Gasteiger partial charge in [-0.1, -0.05) is 44.2 Å². The number of halogens is 1. The predicted molar refractivity (Wildman–Crippen MR) is 101 cm³/mol. The van der Waals surface area contributed by atoms with Crippen molar-refractivity contribution < 1.29 is 9.00 Å². The van der Waals surface area contributed by atoms with Crippen molar-refractivity contribution in [1.29, 1.82) is 0 Å². The van der Waals surface area contributed by atoms with E-state index in [0.29, 0.717) is 30.1 Å². The number of nitrogens with one attached hydrogen (secondary N) is 1. The average molecular weight is 409 g/mol. The van der Waals surface area contributed by atoms with E-state index in [1.165, 1.54) is 0 Å². The number of carbonyl (C=O) groups is 1. The summed E-state index contributed by atoms with van der Waals surface area (Å²) in [5.41, 5.74) is 1.54. The number of hydrogen-bond acceptors (Lipinski definition) is 2. The molecule has 0 spiro atoms. The molecule has 0 fully saturated rings. The molecule has 0 saturated carbocycles. The number of hydrogen-bond donors (Lipinski definition) is 1. The Labute approximate surface area is 154 Å². The first kappa shape index (κ1) is 18.8. The molecule has 128 valence electrons. The van der Waals surface area contributed by atoms with Gasteiger partial charge in [-0.15, -0.1) is 0 Å². The van der Waals surface area contributed by atoms with E-state index in [9.17, 15) is 9.00 Å². The van der Waals surface area contributed by atoms with Crippen LogP contribution in [-0.2, 0) is 17.5 Å². The topological polar surface area (TPSA) is 49.4 Å². The summed E-state index contributed by atoms with van der Waals surface area (Å²) in [6.07, 6.45) is 0. The molecule has 2 aromatic carbocycles. The van der Waals surface area contributed by atoms with E-state index in [0.717, 1.165) is 10.0 Å². The highest BCUT2D eigenvalue weighted by Gasteiger charge is 2.17. The van der Waals surface area contributed by atoms with Crippen molar-refractivity contribution in [1.82, 2.24) is 9.62 Å². The quantitative estimate of drug-likeness (QED) is 0.758. The molecule has 0 bridgehead atoms. The molecule has 0 aliphatic rings. The smallest absolute Gasteiger partial charge is 0.251 e. The number of rotatable bonds is 7. The molecule has 0 heterocycles. The highest BCUT2D eigenvalue weighted by Crippen LogP contribution is 2.23. The molecular weight excluding hydrogens is 388 g/mol. The van der Waals surface area contributed by atoms with Crippen LogP contribution in [0, 0.1) is 0 Å². The molecule has 1 atom stereocenters. The largest absolute Gasteiger partial charge is 0.348 e. The molecule has 0 aliphatic heterocycles. The Bertz CT molecular complexity index is 718. The Hall–Kier alpha value is -1.50. The Morgan fingerprint density at radius 1 is 1.12 bits per heavy atom. The lowest BCUT2D eigenvalue weighted by Crippen LogP contribution is -2.26. The lowest BCUT2D eigenvalue weighted by Gasteiger charge is -2.18. The van der Waals surface area contributed by atoms with Crippen LogP contribution in [0.25, 0.3) is 0 Å². The lowest BCUT2D eigenvalue weighted by atomic mass is 10.2. The standard InChI is InChI=1S/C18H21BrN2O2S/c1-3-21(4-2)24(23)17-12-15(10-11-16(17)19)18(22)20-13-14-8-6-5-7-9-14/h5-12H,3-4,13H2,1-2H3,(H,20,22). The molecule has 2 rings (SSSR count). The van der Waals surface area contributed by atoms with Gasteiger partial charge in [0.1, 0.15) is 11.0 Å². The SMILES string of the molecule is CCN(CC)S(=O)c1cc(C(=O)NCc2ccccc2)ccc1Br. The molecule has 4 nitrogen and oxygen atoms in total. The highest BCUT2D eigenvalue weighted by atomic mass is 79.9. The molecule has 6 heteroatoms. The minimum atomic E-state index is -1.29. The van der Waals surface area contributed by atoms with E-state index in [2.05, 4.69) is 21.2 Å². The fraction of sp³-hybridized carbons (Fsp3) is 0.278. The summed E-state index contributed by atoms with van der Waals surface area (Å²) >= 11 is 3.43. The van der Waals surface area contributed by atoms with Crippen LogP contribution in [0.2, 0.25) is 0 Å². The summed E-state index contributed by atoms with van der Waals surface area (Å²) in [7, 11) is -1.29. The maximum Gasteiger partial charge on any atom is 0.251 e. The molecule has 0 saturated heterocycles. The monoisotopic (exact) mass is 408 g/mol. The molecular formula is C18H21BrN2O2S. The first-order valence-electron chi connectivity index (χ1n) is 7.85. The molecule has 0 radical (unpaired) electrons. The first-order valence-corrected chi connectivity index (χ1v) is 9.75. The maximum absolute atomic E-state index is 12.7. The van der Waals surface area contributed by atoms with Gasteiger partial charge in [0.2, 0.25) is 0 Å². The zero-order valence-corrected chi connectivity index (χ0v) is 16.2. The fourth-order valence-corrected chi connectivity index (χ4v) is 4.13. The van der Waals surface area contributed by atoms with Gasteiger partial charge in [-0.3, -0.25) is 4.79 Å². The van der Waals surface area contributed by atoms with Crippen LogP contribution in [0.3, 0.4) is 0 Å². The number of carbonyl (C=O) groups excluding carboxylic acids is 1. The second-order valence-electron chi connectivity index (χ2n) is 5.18. The average Bonchev–Trinajstić information content (AvgIpc) is 2.62. The van der Waals surface area contributed by atoms with Gasteiger partial charge >= 0.3 is 0 Å². The van der Waals surface area contributed by atoms with Crippen LogP contribution in [0.4, 0.5) is 0 Å². The molecule has 1 unspecified atom stereocenters. The third kappa shape index (κ3) is 4.75. The Morgan fingerprint density at radius 2 is 1.79 bits per heavy atom. The van der Waals surface area contributed by atoms with E-state index in [-0.39, 0.29) is 5.91 Å². The maximum atomic E-state index is 12.7. The van der Waals surface area contributed by atoms with Gasteiger partial charge in [0.25, 0.3) is 5.91 Å². The zero-order chi connectivity index (χ0) is 17.5. The van der Waals surface area contributed by atoms with Crippen LogP contribution in [-0.4, -0.2) is 27.5 Å². The first-order chi connectivity index (χ1) is 11.6. The van der Waals surface area contributed by atoms with Crippen molar-refractivity contribution in [3.63, 3.8) is 0 Å². The van der Waals surface area contributed by atoms with Crippen LogP contribution in [0.1, 0.15) is 29.8 Å². The predicted octanol–water partition coefficient (Wildman–Crippen LogP) is 3.74. The Kier molecular flexibility index (Phi) is 7.15. The van der Waals surface area contributed by atoms with E-state index >= 15 is 0 Å². The Balaban J connectivity index is 2.14. The van der Waals surface area contributed by atoms with E-state index in [1.807, 2.05) is 48.5 Å². The summed E-state index contributed by atoms with van der Waals surface area (Å²) in [6.45, 7) is 5.75. The van der Waals surface area contributed by atoms with Crippen molar-refractivity contribution in [2.75, 3.05) is 13.1 Å². The summed E-state index contributed by atoms with van der Waals surface area (Å²) in [4.78, 5) is 13.0. The normalized spacial score (nSPS) is 12.2. The van der Waals surface area contributed by atoms with Crippen molar-refractivity contribution in [2.24, 2.45) is 0 Å². The highest BCUT2D eigenvalue weighted by molar-refractivity contribution is 9.10. The van der Waals surface area contributed by atoms with Crippen LogP contribution < -0.4 is 5.32 Å². The second kappa shape index (κ2) is 9.11. The van der Waals surface area contributed by atoms with Crippen molar-refractivity contribution in [2.45, 2.75) is 25.3 Å². The zero-order valence-electron chi connectivity index (χ0n) is 13.8. The number of benzene rings is 2. The van der Waals surface area contributed by atoms with Gasteiger partial charge in [-0.25, -0.2) is 8.51 Å². The molecule has 1 amide bonds. The van der Waals surface area contributed by atoms with Crippen molar-refractivity contribution >= 4 is 32.8 Å². The van der Waals surface area contributed by atoms with Crippen LogP contribution in [0.5, 0.6) is 0 Å². The minimum absolute atomic E-state index is 0.177. The van der Waals surface area contributed by atoms with Gasteiger partial charge in [-0.2, -0.15) is 0 Å².